The Morgan fingerprint density at radius 2 is 1.76 bits per heavy atom. The molecule has 3 amide bonds. The Morgan fingerprint density at radius 3 is 2.39 bits per heavy atom. The highest BCUT2D eigenvalue weighted by molar-refractivity contribution is 6.16. The number of carbonyl (C=O) groups is 4. The molecule has 3 rings (SSSR count). The molecule has 33 heavy (non-hydrogen) atoms. The molecule has 0 aliphatic carbocycles. The van der Waals surface area contributed by atoms with E-state index in [0.29, 0.717) is 0 Å². The average Bonchev–Trinajstić information content (AvgIpc) is 2.75. The summed E-state index contributed by atoms with van der Waals surface area (Å²) in [5.74, 6) is -4.07. The Kier molecular flexibility index (Phi) is 6.86. The number of rotatable bonds is 6. The second-order valence-electron chi connectivity index (χ2n) is 7.55. The van der Waals surface area contributed by atoms with E-state index in [4.69, 9.17) is 0 Å². The van der Waals surface area contributed by atoms with Gasteiger partial charge in [-0.3, -0.25) is 14.4 Å². The fourth-order valence-corrected chi connectivity index (χ4v) is 3.53. The van der Waals surface area contributed by atoms with Crippen LogP contribution in [0.15, 0.2) is 54.2 Å². The van der Waals surface area contributed by atoms with Crippen LogP contribution in [0.3, 0.4) is 0 Å². The van der Waals surface area contributed by atoms with Crippen molar-refractivity contribution in [2.75, 3.05) is 7.05 Å². The first kappa shape index (κ1) is 23.6. The zero-order valence-corrected chi connectivity index (χ0v) is 17.8. The van der Waals surface area contributed by atoms with Crippen molar-refractivity contribution in [3.8, 4) is 11.1 Å². The number of hydrogen-bond donors (Lipinski definition) is 3. The van der Waals surface area contributed by atoms with Crippen molar-refractivity contribution in [1.29, 1.82) is 0 Å². The predicted octanol–water partition coefficient (Wildman–Crippen LogP) is 2.76. The van der Waals surface area contributed by atoms with Gasteiger partial charge in [-0.2, -0.15) is 0 Å². The summed E-state index contributed by atoms with van der Waals surface area (Å²) in [6.07, 6.45) is 0.795. The summed E-state index contributed by atoms with van der Waals surface area (Å²) in [6, 6.07) is 5.69. The highest BCUT2D eigenvalue weighted by Crippen LogP contribution is 2.29. The van der Waals surface area contributed by atoms with Gasteiger partial charge in [0.25, 0.3) is 5.91 Å². The summed E-state index contributed by atoms with van der Waals surface area (Å²) in [4.78, 5) is 49.7. The van der Waals surface area contributed by atoms with Crippen LogP contribution >= 0.6 is 0 Å². The largest absolute Gasteiger partial charge is 0.481 e. The summed E-state index contributed by atoms with van der Waals surface area (Å²) in [5.41, 5.74) is 0.397. The first-order valence-corrected chi connectivity index (χ1v) is 9.91. The molecule has 3 N–H and O–H groups in total. The molecule has 0 spiro atoms. The topological polar surface area (TPSA) is 116 Å². The Bertz CT molecular complexity index is 1140. The van der Waals surface area contributed by atoms with Crippen LogP contribution < -0.4 is 10.6 Å². The number of Topliss-reactive ketones (excluding diaryl/α,β-unsaturated/α-hetero) is 1. The van der Waals surface area contributed by atoms with Crippen LogP contribution in [0.25, 0.3) is 11.1 Å². The second kappa shape index (κ2) is 9.60. The third-order valence-corrected chi connectivity index (χ3v) is 5.13. The number of aliphatic carboxylic acids is 1. The molecule has 2 aromatic rings. The molecule has 0 radical (unpaired) electrons. The van der Waals surface area contributed by atoms with Crippen molar-refractivity contribution in [3.63, 3.8) is 0 Å². The maximum atomic E-state index is 14.2. The van der Waals surface area contributed by atoms with E-state index in [-0.39, 0.29) is 22.3 Å². The normalized spacial score (nSPS) is 16.8. The fourth-order valence-electron chi connectivity index (χ4n) is 3.53. The van der Waals surface area contributed by atoms with Crippen LogP contribution in [-0.4, -0.2) is 46.8 Å². The van der Waals surface area contributed by atoms with Gasteiger partial charge in [-0.1, -0.05) is 24.3 Å². The van der Waals surface area contributed by atoms with E-state index in [1.54, 1.807) is 0 Å². The van der Waals surface area contributed by atoms with Crippen molar-refractivity contribution in [2.45, 2.75) is 25.4 Å². The quantitative estimate of drug-likeness (QED) is 0.577. The monoisotopic (exact) mass is 457 g/mol. The summed E-state index contributed by atoms with van der Waals surface area (Å²) < 4.78 is 28.4. The minimum atomic E-state index is -1.45. The number of benzene rings is 2. The summed E-state index contributed by atoms with van der Waals surface area (Å²) in [7, 11) is 1.44. The SMILES string of the molecule is CC1=CN(C)C(=O)C(NC(=O)NC(CC(=O)O)c2cccc(-c3c(F)cccc3F)c2)C1=O. The van der Waals surface area contributed by atoms with Crippen LogP contribution in [0.4, 0.5) is 13.6 Å². The standard InChI is InChI=1S/C23H21F2N3O5/c1-12-11-28(2)22(32)20(21(12)31)27-23(33)26-17(10-18(29)30)13-5-3-6-14(9-13)19-15(24)7-4-8-16(19)25/h3-9,11,17,20H,10H2,1-2H3,(H,29,30)(H2,26,27,33). The maximum absolute atomic E-state index is 14.2. The molecule has 1 heterocycles. The molecular weight excluding hydrogens is 436 g/mol. The number of carbonyl (C=O) groups excluding carboxylic acids is 3. The van der Waals surface area contributed by atoms with Crippen molar-refractivity contribution < 1.29 is 33.1 Å². The number of carboxylic acids is 1. The Hall–Kier alpha value is -4.08. The molecule has 172 valence electrons. The number of amides is 3. The van der Waals surface area contributed by atoms with Gasteiger partial charge >= 0.3 is 12.0 Å². The maximum Gasteiger partial charge on any atom is 0.316 e. The van der Waals surface area contributed by atoms with Crippen molar-refractivity contribution in [1.82, 2.24) is 15.5 Å². The summed E-state index contributed by atoms with van der Waals surface area (Å²) in [6.45, 7) is 1.50. The van der Waals surface area contributed by atoms with Gasteiger partial charge in [-0.05, 0) is 36.2 Å². The molecule has 0 saturated carbocycles. The molecule has 0 saturated heterocycles. The molecule has 0 aromatic heterocycles. The molecule has 2 aromatic carbocycles. The van der Waals surface area contributed by atoms with Crippen molar-refractivity contribution in [2.24, 2.45) is 0 Å². The lowest BCUT2D eigenvalue weighted by Crippen LogP contribution is -2.56. The lowest BCUT2D eigenvalue weighted by atomic mass is 9.97. The van der Waals surface area contributed by atoms with E-state index >= 15 is 0 Å². The van der Waals surface area contributed by atoms with E-state index in [1.165, 1.54) is 55.4 Å². The van der Waals surface area contributed by atoms with Crippen LogP contribution in [0.1, 0.15) is 24.9 Å². The van der Waals surface area contributed by atoms with Gasteiger partial charge in [0.1, 0.15) is 11.6 Å². The number of hydrogen-bond acceptors (Lipinski definition) is 4. The number of urea groups is 1. The number of nitrogens with zero attached hydrogens (tertiary/aromatic N) is 1. The van der Waals surface area contributed by atoms with E-state index in [1.807, 2.05) is 0 Å². The Balaban J connectivity index is 1.86. The third kappa shape index (κ3) is 5.22. The highest BCUT2D eigenvalue weighted by Gasteiger charge is 2.35. The van der Waals surface area contributed by atoms with Crippen LogP contribution in [-0.2, 0) is 14.4 Å². The zero-order chi connectivity index (χ0) is 24.3. The van der Waals surface area contributed by atoms with Crippen molar-refractivity contribution in [3.05, 3.63) is 71.4 Å². The van der Waals surface area contributed by atoms with Gasteiger partial charge in [0.15, 0.2) is 11.8 Å². The molecule has 2 atom stereocenters. The minimum Gasteiger partial charge on any atom is -0.481 e. The average molecular weight is 457 g/mol. The Labute approximate surface area is 187 Å². The van der Waals surface area contributed by atoms with E-state index < -0.39 is 53.8 Å². The second-order valence-corrected chi connectivity index (χ2v) is 7.55. The lowest BCUT2D eigenvalue weighted by Gasteiger charge is -2.27. The molecule has 1 aliphatic rings. The van der Waals surface area contributed by atoms with E-state index in [0.717, 1.165) is 12.1 Å². The molecule has 0 fully saturated rings. The fraction of sp³-hybridized carbons (Fsp3) is 0.217. The van der Waals surface area contributed by atoms with E-state index in [9.17, 15) is 33.1 Å². The predicted molar refractivity (Wildman–Crippen MR) is 114 cm³/mol. The van der Waals surface area contributed by atoms with E-state index in [2.05, 4.69) is 10.6 Å². The molecule has 2 unspecified atom stereocenters. The number of halogens is 2. The van der Waals surface area contributed by atoms with Gasteiger partial charge in [-0.25, -0.2) is 13.6 Å². The van der Waals surface area contributed by atoms with Gasteiger partial charge in [0, 0.05) is 18.8 Å². The number of likely N-dealkylation sites (N-methyl/N-ethyl adjacent to an activating group) is 1. The number of carboxylic acid groups (broad SMARTS) is 1. The molecule has 1 aliphatic heterocycles. The molecular formula is C23H21F2N3O5. The first-order valence-electron chi connectivity index (χ1n) is 9.91. The first-order chi connectivity index (χ1) is 15.6. The van der Waals surface area contributed by atoms with Gasteiger partial charge in [0.2, 0.25) is 0 Å². The Morgan fingerprint density at radius 1 is 1.12 bits per heavy atom. The van der Waals surface area contributed by atoms with Gasteiger partial charge in [-0.15, -0.1) is 0 Å². The molecule has 0 bridgehead atoms. The molecule has 8 nitrogen and oxygen atoms in total. The van der Waals surface area contributed by atoms with Gasteiger partial charge in [0.05, 0.1) is 18.0 Å². The number of nitrogens with one attached hydrogen (secondary N) is 2. The zero-order valence-electron chi connectivity index (χ0n) is 17.8. The van der Waals surface area contributed by atoms with Crippen LogP contribution in [0.5, 0.6) is 0 Å². The van der Waals surface area contributed by atoms with Gasteiger partial charge < -0.3 is 20.6 Å². The minimum absolute atomic E-state index is 0.153. The van der Waals surface area contributed by atoms with Crippen LogP contribution in [0, 0.1) is 11.6 Å². The molecule has 10 heteroatoms. The lowest BCUT2D eigenvalue weighted by molar-refractivity contribution is -0.138. The third-order valence-electron chi connectivity index (χ3n) is 5.13. The summed E-state index contributed by atoms with van der Waals surface area (Å²) in [5, 5.41) is 14.0. The number of ketones is 1. The summed E-state index contributed by atoms with van der Waals surface area (Å²) >= 11 is 0. The van der Waals surface area contributed by atoms with Crippen LogP contribution in [0.2, 0.25) is 0 Å². The smallest absolute Gasteiger partial charge is 0.316 e. The highest BCUT2D eigenvalue weighted by atomic mass is 19.1. The van der Waals surface area contributed by atoms with Crippen molar-refractivity contribution >= 4 is 23.7 Å².